The Kier molecular flexibility index (Phi) is 5.07. The minimum atomic E-state index is -0.197. The molecule has 0 aromatic carbocycles. The van der Waals surface area contributed by atoms with Crippen molar-refractivity contribution in [3.05, 3.63) is 11.4 Å². The number of methoxy groups -OCH3 is 2. The smallest absolute Gasteiger partial charge is 0.172 e. The molecule has 16 heavy (non-hydrogen) atoms. The van der Waals surface area contributed by atoms with Crippen LogP contribution in [0.3, 0.4) is 0 Å². The Morgan fingerprint density at radius 1 is 1.50 bits per heavy atom. The lowest BCUT2D eigenvalue weighted by Crippen LogP contribution is -2.11. The number of aryl methyl sites for hydroxylation is 1. The first-order valence-electron chi connectivity index (χ1n) is 5.14. The van der Waals surface area contributed by atoms with Crippen molar-refractivity contribution in [3.8, 4) is 0 Å². The van der Waals surface area contributed by atoms with Crippen molar-refractivity contribution in [2.24, 2.45) is 0 Å². The van der Waals surface area contributed by atoms with Gasteiger partial charge in [-0.15, -0.1) is 5.10 Å². The van der Waals surface area contributed by atoms with Gasteiger partial charge < -0.3 is 9.47 Å². The summed E-state index contributed by atoms with van der Waals surface area (Å²) in [5.41, 5.74) is 1.06. The van der Waals surface area contributed by atoms with E-state index in [1.165, 1.54) is 0 Å². The van der Waals surface area contributed by atoms with Crippen molar-refractivity contribution in [2.75, 3.05) is 20.8 Å². The lowest BCUT2D eigenvalue weighted by Gasteiger charge is -2.12. The Balaban J connectivity index is 2.82. The van der Waals surface area contributed by atoms with Gasteiger partial charge in [0.15, 0.2) is 12.0 Å². The number of hydrogen-bond acceptors (Lipinski definition) is 5. The second-order valence-corrected chi connectivity index (χ2v) is 3.43. The molecule has 6 heteroatoms. The third kappa shape index (κ3) is 2.86. The molecule has 0 fully saturated rings. The predicted octanol–water partition coefficient (Wildman–Crippen LogP) is 0.835. The number of aromatic nitrogens is 3. The van der Waals surface area contributed by atoms with Crippen LogP contribution in [0.2, 0.25) is 0 Å². The summed E-state index contributed by atoms with van der Waals surface area (Å²) < 4.78 is 11.8. The first-order chi connectivity index (χ1) is 7.74. The molecule has 1 aromatic rings. The molecule has 0 aliphatic carbocycles. The van der Waals surface area contributed by atoms with Crippen LogP contribution in [-0.4, -0.2) is 42.1 Å². The van der Waals surface area contributed by atoms with E-state index in [-0.39, 0.29) is 6.10 Å². The molecule has 1 rings (SSSR count). The number of carbonyl (C=O) groups excluding carboxylic acids is 1. The molecule has 6 nitrogen and oxygen atoms in total. The summed E-state index contributed by atoms with van der Waals surface area (Å²) in [6.45, 7) is 3.17. The van der Waals surface area contributed by atoms with Gasteiger partial charge in [-0.2, -0.15) is 0 Å². The fourth-order valence-corrected chi connectivity index (χ4v) is 1.47. The van der Waals surface area contributed by atoms with E-state index in [2.05, 4.69) is 10.3 Å². The van der Waals surface area contributed by atoms with E-state index in [0.717, 1.165) is 6.42 Å². The molecule has 0 bridgehead atoms. The van der Waals surface area contributed by atoms with Gasteiger partial charge in [-0.1, -0.05) is 5.21 Å². The van der Waals surface area contributed by atoms with Crippen LogP contribution in [0.5, 0.6) is 0 Å². The summed E-state index contributed by atoms with van der Waals surface area (Å²) in [6, 6.07) is 0. The third-order valence-electron chi connectivity index (χ3n) is 2.37. The van der Waals surface area contributed by atoms with Crippen molar-refractivity contribution < 1.29 is 14.3 Å². The summed E-state index contributed by atoms with van der Waals surface area (Å²) in [7, 11) is 3.24. The van der Waals surface area contributed by atoms with Crippen molar-refractivity contribution in [1.82, 2.24) is 15.0 Å². The quantitative estimate of drug-likeness (QED) is 0.510. The van der Waals surface area contributed by atoms with Gasteiger partial charge in [0.1, 0.15) is 0 Å². The second-order valence-electron chi connectivity index (χ2n) is 3.43. The molecule has 0 spiro atoms. The normalized spacial score (nSPS) is 12.7. The van der Waals surface area contributed by atoms with Crippen molar-refractivity contribution in [3.63, 3.8) is 0 Å². The number of hydrogen-bond donors (Lipinski definition) is 0. The van der Waals surface area contributed by atoms with Crippen LogP contribution in [0, 0.1) is 0 Å². The Morgan fingerprint density at radius 2 is 2.25 bits per heavy atom. The van der Waals surface area contributed by atoms with Gasteiger partial charge in [0.2, 0.25) is 0 Å². The van der Waals surface area contributed by atoms with E-state index < -0.39 is 0 Å². The molecule has 0 saturated carbocycles. The average molecular weight is 227 g/mol. The maximum absolute atomic E-state index is 10.8. The molecule has 1 heterocycles. The molecular weight excluding hydrogens is 210 g/mol. The Morgan fingerprint density at radius 3 is 2.81 bits per heavy atom. The molecular formula is C10H17N3O3. The van der Waals surface area contributed by atoms with Gasteiger partial charge in [0.25, 0.3) is 0 Å². The zero-order valence-electron chi connectivity index (χ0n) is 9.84. The fraction of sp³-hybridized carbons (Fsp3) is 0.700. The highest BCUT2D eigenvalue weighted by Gasteiger charge is 2.18. The van der Waals surface area contributed by atoms with E-state index in [1.54, 1.807) is 18.9 Å². The maximum Gasteiger partial charge on any atom is 0.172 e. The van der Waals surface area contributed by atoms with Gasteiger partial charge in [-0.25, -0.2) is 4.68 Å². The van der Waals surface area contributed by atoms with Crippen molar-refractivity contribution in [1.29, 1.82) is 0 Å². The minimum Gasteiger partial charge on any atom is -0.385 e. The molecule has 1 unspecified atom stereocenters. The van der Waals surface area contributed by atoms with Crippen LogP contribution in [0.25, 0.3) is 0 Å². The standard InChI is InChI=1S/C10H17N3O3/c1-8(16-3)10-9(7-14)11-12-13(10)5-4-6-15-2/h7-8H,4-6H2,1-3H3. The summed E-state index contributed by atoms with van der Waals surface area (Å²) in [5, 5.41) is 7.73. The summed E-state index contributed by atoms with van der Waals surface area (Å²) in [6.07, 6.45) is 1.32. The molecule has 1 atom stereocenters. The van der Waals surface area contributed by atoms with Crippen LogP contribution in [0.15, 0.2) is 0 Å². The number of nitrogens with zero attached hydrogens (tertiary/aromatic N) is 3. The highest BCUT2D eigenvalue weighted by molar-refractivity contribution is 5.73. The van der Waals surface area contributed by atoms with E-state index >= 15 is 0 Å². The van der Waals surface area contributed by atoms with Gasteiger partial charge in [0.05, 0.1) is 11.8 Å². The average Bonchev–Trinajstić information content (AvgIpc) is 2.71. The highest BCUT2D eigenvalue weighted by Crippen LogP contribution is 2.17. The monoisotopic (exact) mass is 227 g/mol. The van der Waals surface area contributed by atoms with Crippen molar-refractivity contribution >= 4 is 6.29 Å². The second kappa shape index (κ2) is 6.34. The minimum absolute atomic E-state index is 0.197. The van der Waals surface area contributed by atoms with Crippen molar-refractivity contribution in [2.45, 2.75) is 26.0 Å². The fourth-order valence-electron chi connectivity index (χ4n) is 1.47. The zero-order chi connectivity index (χ0) is 12.0. The topological polar surface area (TPSA) is 66.2 Å². The third-order valence-corrected chi connectivity index (χ3v) is 2.37. The Hall–Kier alpha value is -1.27. The number of rotatable bonds is 7. The highest BCUT2D eigenvalue weighted by atomic mass is 16.5. The van der Waals surface area contributed by atoms with Crippen LogP contribution in [-0.2, 0) is 16.0 Å². The Bertz CT molecular complexity index is 338. The van der Waals surface area contributed by atoms with E-state index in [0.29, 0.717) is 30.8 Å². The SMILES string of the molecule is COCCCn1nnc(C=O)c1C(C)OC. The molecule has 0 radical (unpaired) electrons. The maximum atomic E-state index is 10.8. The van der Waals surface area contributed by atoms with E-state index in [1.807, 2.05) is 6.92 Å². The molecule has 0 saturated heterocycles. The Labute approximate surface area is 94.5 Å². The van der Waals surface area contributed by atoms with Gasteiger partial charge in [-0.3, -0.25) is 4.79 Å². The molecule has 0 N–H and O–H groups in total. The molecule has 0 amide bonds. The first kappa shape index (κ1) is 12.8. The summed E-state index contributed by atoms with van der Waals surface area (Å²) in [4.78, 5) is 10.8. The summed E-state index contributed by atoms with van der Waals surface area (Å²) >= 11 is 0. The largest absolute Gasteiger partial charge is 0.385 e. The van der Waals surface area contributed by atoms with Gasteiger partial charge in [0, 0.05) is 27.4 Å². The predicted molar refractivity (Wildman–Crippen MR) is 57.3 cm³/mol. The van der Waals surface area contributed by atoms with Crippen LogP contribution >= 0.6 is 0 Å². The van der Waals surface area contributed by atoms with Crippen LogP contribution in [0.1, 0.15) is 35.6 Å². The van der Waals surface area contributed by atoms with E-state index in [9.17, 15) is 4.79 Å². The number of aldehydes is 1. The lowest BCUT2D eigenvalue weighted by molar-refractivity contribution is 0.104. The molecule has 0 aliphatic rings. The summed E-state index contributed by atoms with van der Waals surface area (Å²) in [5.74, 6) is 0. The van der Waals surface area contributed by atoms with Gasteiger partial charge >= 0.3 is 0 Å². The molecule has 90 valence electrons. The van der Waals surface area contributed by atoms with Crippen LogP contribution in [0.4, 0.5) is 0 Å². The number of ether oxygens (including phenoxy) is 2. The zero-order valence-corrected chi connectivity index (χ0v) is 9.84. The lowest BCUT2D eigenvalue weighted by atomic mass is 10.2. The van der Waals surface area contributed by atoms with Gasteiger partial charge in [-0.05, 0) is 13.3 Å². The van der Waals surface area contributed by atoms with E-state index in [4.69, 9.17) is 9.47 Å². The van der Waals surface area contributed by atoms with Crippen LogP contribution < -0.4 is 0 Å². The number of carbonyl (C=O) groups is 1. The molecule has 0 aliphatic heterocycles. The first-order valence-corrected chi connectivity index (χ1v) is 5.14. The molecule has 1 aromatic heterocycles.